The topological polar surface area (TPSA) is 50.1 Å². The summed E-state index contributed by atoms with van der Waals surface area (Å²) in [6.07, 6.45) is 0. The lowest BCUT2D eigenvalue weighted by Gasteiger charge is -2.11. The second-order valence-corrected chi connectivity index (χ2v) is 4.78. The molecule has 0 spiro atoms. The maximum absolute atomic E-state index is 5.43. The molecule has 19 heavy (non-hydrogen) atoms. The molecule has 0 heterocycles. The lowest BCUT2D eigenvalue weighted by atomic mass is 10.0. The third kappa shape index (κ3) is 2.30. The van der Waals surface area contributed by atoms with Crippen molar-refractivity contribution in [3.05, 3.63) is 54.6 Å². The highest BCUT2D eigenvalue weighted by Gasteiger charge is 2.02. The average molecular weight is 267 g/mol. The Hall–Kier alpha value is -2.33. The molecule has 0 amide bonds. The fraction of sp³-hybridized carbons (Fsp3) is 0. The van der Waals surface area contributed by atoms with Crippen molar-refractivity contribution in [2.24, 2.45) is 5.73 Å². The van der Waals surface area contributed by atoms with Crippen LogP contribution in [-0.2, 0) is 0 Å². The summed E-state index contributed by atoms with van der Waals surface area (Å²) in [6, 6.07) is 18.7. The molecule has 3 aromatic carbocycles. The molecule has 0 aliphatic carbocycles. The van der Waals surface area contributed by atoms with Crippen LogP contribution in [0, 0.1) is 0 Å². The van der Waals surface area contributed by atoms with Crippen molar-refractivity contribution in [3.8, 4) is 0 Å². The predicted octanol–water partition coefficient (Wildman–Crippen LogP) is 3.15. The molecule has 0 bridgehead atoms. The van der Waals surface area contributed by atoms with Crippen LogP contribution >= 0.6 is 12.2 Å². The Morgan fingerprint density at radius 3 is 2.32 bits per heavy atom. The van der Waals surface area contributed by atoms with Crippen LogP contribution in [-0.4, -0.2) is 5.11 Å². The van der Waals surface area contributed by atoms with Gasteiger partial charge in [0.2, 0.25) is 0 Å². The molecule has 0 radical (unpaired) electrons. The zero-order valence-corrected chi connectivity index (χ0v) is 11.0. The largest absolute Gasteiger partial charge is 0.375 e. The van der Waals surface area contributed by atoms with Crippen molar-refractivity contribution in [1.82, 2.24) is 5.43 Å². The van der Waals surface area contributed by atoms with Crippen LogP contribution < -0.4 is 16.6 Å². The Kier molecular flexibility index (Phi) is 2.93. The van der Waals surface area contributed by atoms with Crippen molar-refractivity contribution in [2.45, 2.75) is 0 Å². The van der Waals surface area contributed by atoms with Gasteiger partial charge in [0.1, 0.15) is 0 Å². The van der Waals surface area contributed by atoms with Gasteiger partial charge < -0.3 is 5.73 Å². The summed E-state index contributed by atoms with van der Waals surface area (Å²) in [5.41, 5.74) is 12.2. The Morgan fingerprint density at radius 2 is 1.58 bits per heavy atom. The van der Waals surface area contributed by atoms with E-state index in [-0.39, 0.29) is 5.11 Å². The van der Waals surface area contributed by atoms with Gasteiger partial charge in [0.05, 0.1) is 5.69 Å². The molecule has 4 heteroatoms. The second-order valence-electron chi connectivity index (χ2n) is 4.34. The van der Waals surface area contributed by atoms with Crippen LogP contribution in [0.15, 0.2) is 54.6 Å². The van der Waals surface area contributed by atoms with Gasteiger partial charge in [-0.1, -0.05) is 36.4 Å². The Balaban J connectivity index is 2.17. The quantitative estimate of drug-likeness (QED) is 0.379. The first-order valence-corrected chi connectivity index (χ1v) is 6.38. The number of fused-ring (bicyclic) bond motifs is 2. The van der Waals surface area contributed by atoms with Gasteiger partial charge in [-0.3, -0.25) is 10.9 Å². The van der Waals surface area contributed by atoms with E-state index in [1.54, 1.807) is 0 Å². The van der Waals surface area contributed by atoms with Gasteiger partial charge in [-0.05, 0) is 46.6 Å². The van der Waals surface area contributed by atoms with Crippen LogP contribution in [0.3, 0.4) is 0 Å². The van der Waals surface area contributed by atoms with Crippen molar-refractivity contribution < 1.29 is 0 Å². The lowest BCUT2D eigenvalue weighted by molar-refractivity contribution is 1.13. The van der Waals surface area contributed by atoms with E-state index in [1.165, 1.54) is 16.2 Å². The summed E-state index contributed by atoms with van der Waals surface area (Å²) in [7, 11) is 0. The van der Waals surface area contributed by atoms with Gasteiger partial charge in [0.15, 0.2) is 5.11 Å². The minimum absolute atomic E-state index is 0.220. The molecule has 4 N–H and O–H groups in total. The minimum atomic E-state index is 0.220. The normalized spacial score (nSPS) is 10.5. The molecule has 0 atom stereocenters. The van der Waals surface area contributed by atoms with Crippen molar-refractivity contribution in [1.29, 1.82) is 0 Å². The van der Waals surface area contributed by atoms with E-state index in [9.17, 15) is 0 Å². The highest BCUT2D eigenvalue weighted by atomic mass is 32.1. The lowest BCUT2D eigenvalue weighted by Crippen LogP contribution is -2.33. The zero-order chi connectivity index (χ0) is 13.2. The summed E-state index contributed by atoms with van der Waals surface area (Å²) in [5, 5.41) is 4.96. The molecular weight excluding hydrogens is 254 g/mol. The van der Waals surface area contributed by atoms with E-state index >= 15 is 0 Å². The molecule has 3 nitrogen and oxygen atoms in total. The van der Waals surface area contributed by atoms with E-state index in [4.69, 9.17) is 18.0 Å². The van der Waals surface area contributed by atoms with E-state index in [1.807, 2.05) is 24.3 Å². The van der Waals surface area contributed by atoms with Gasteiger partial charge in [0, 0.05) is 5.39 Å². The van der Waals surface area contributed by atoms with Crippen molar-refractivity contribution >= 4 is 44.6 Å². The fourth-order valence-corrected chi connectivity index (χ4v) is 2.26. The number of thiocarbonyl (C=S) groups is 1. The first kappa shape index (κ1) is 11.7. The number of rotatable bonds is 2. The number of benzene rings is 3. The van der Waals surface area contributed by atoms with Gasteiger partial charge in [-0.2, -0.15) is 0 Å². The van der Waals surface area contributed by atoms with E-state index < -0.39 is 0 Å². The van der Waals surface area contributed by atoms with Crippen LogP contribution in [0.1, 0.15) is 0 Å². The first-order chi connectivity index (χ1) is 9.24. The zero-order valence-electron chi connectivity index (χ0n) is 10.2. The fourth-order valence-electron chi connectivity index (χ4n) is 2.20. The summed E-state index contributed by atoms with van der Waals surface area (Å²) in [4.78, 5) is 0. The smallest absolute Gasteiger partial charge is 0.182 e. The number of hydrazine groups is 1. The minimum Gasteiger partial charge on any atom is -0.375 e. The molecule has 0 aliphatic heterocycles. The number of anilines is 1. The van der Waals surface area contributed by atoms with Crippen LogP contribution in [0.5, 0.6) is 0 Å². The van der Waals surface area contributed by atoms with Crippen LogP contribution in [0.2, 0.25) is 0 Å². The average Bonchev–Trinajstić information content (AvgIpc) is 2.42. The number of nitrogens with one attached hydrogen (secondary N) is 2. The third-order valence-corrected chi connectivity index (χ3v) is 3.17. The summed E-state index contributed by atoms with van der Waals surface area (Å²) in [5.74, 6) is 0. The van der Waals surface area contributed by atoms with Crippen LogP contribution in [0.25, 0.3) is 21.5 Å². The number of nitrogens with two attached hydrogens (primary N) is 1. The molecule has 0 saturated carbocycles. The van der Waals surface area contributed by atoms with E-state index in [2.05, 4.69) is 41.2 Å². The molecule has 94 valence electrons. The number of hydrogen-bond donors (Lipinski definition) is 3. The molecule has 3 rings (SSSR count). The summed E-state index contributed by atoms with van der Waals surface area (Å²) < 4.78 is 0. The molecular formula is C15H13N3S. The monoisotopic (exact) mass is 267 g/mol. The first-order valence-electron chi connectivity index (χ1n) is 5.97. The van der Waals surface area contributed by atoms with Gasteiger partial charge in [-0.25, -0.2) is 0 Å². The van der Waals surface area contributed by atoms with Gasteiger partial charge in [-0.15, -0.1) is 0 Å². The maximum atomic E-state index is 5.43. The SMILES string of the molecule is NC(=S)NNc1cccc2cc3ccccc3cc12. The highest BCUT2D eigenvalue weighted by Crippen LogP contribution is 2.27. The Bertz CT molecular complexity index is 768. The molecule has 3 aromatic rings. The second kappa shape index (κ2) is 4.74. The molecule has 0 unspecified atom stereocenters. The summed E-state index contributed by atoms with van der Waals surface area (Å²) in [6.45, 7) is 0. The summed E-state index contributed by atoms with van der Waals surface area (Å²) >= 11 is 4.80. The van der Waals surface area contributed by atoms with E-state index in [0.29, 0.717) is 0 Å². The van der Waals surface area contributed by atoms with Crippen molar-refractivity contribution in [2.75, 3.05) is 5.43 Å². The van der Waals surface area contributed by atoms with E-state index in [0.717, 1.165) is 11.1 Å². The third-order valence-electron chi connectivity index (χ3n) is 3.07. The Morgan fingerprint density at radius 1 is 0.895 bits per heavy atom. The standard InChI is InChI=1S/C15H13N3S/c16-15(19)18-17-14-7-3-6-12-8-10-4-1-2-5-11(10)9-13(12)14/h1-9,17H,(H3,16,18,19). The van der Waals surface area contributed by atoms with Gasteiger partial charge in [0.25, 0.3) is 0 Å². The van der Waals surface area contributed by atoms with Crippen LogP contribution in [0.4, 0.5) is 5.69 Å². The van der Waals surface area contributed by atoms with Crippen molar-refractivity contribution in [3.63, 3.8) is 0 Å². The molecule has 0 saturated heterocycles. The molecule has 0 fully saturated rings. The predicted molar refractivity (Wildman–Crippen MR) is 85.0 cm³/mol. The highest BCUT2D eigenvalue weighted by molar-refractivity contribution is 7.80. The van der Waals surface area contributed by atoms with Gasteiger partial charge >= 0.3 is 0 Å². The maximum Gasteiger partial charge on any atom is 0.182 e. The number of hydrogen-bond acceptors (Lipinski definition) is 2. The Labute approximate surface area is 116 Å². The molecule has 0 aliphatic rings. The molecule has 0 aromatic heterocycles.